The Hall–Kier alpha value is -1.49. The maximum Gasteiger partial charge on any atom is 0.253 e. The van der Waals surface area contributed by atoms with Crippen molar-refractivity contribution in [3.63, 3.8) is 0 Å². The van der Waals surface area contributed by atoms with Gasteiger partial charge in [-0.1, -0.05) is 0 Å². The van der Waals surface area contributed by atoms with E-state index in [1.165, 1.54) is 38.5 Å². The van der Waals surface area contributed by atoms with Gasteiger partial charge in [-0.05, 0) is 94.4 Å². The van der Waals surface area contributed by atoms with Crippen LogP contribution in [0.3, 0.4) is 0 Å². The summed E-state index contributed by atoms with van der Waals surface area (Å²) in [7, 11) is 0. The van der Waals surface area contributed by atoms with Crippen LogP contribution >= 0.6 is 11.8 Å². The fourth-order valence-electron chi connectivity index (χ4n) is 6.01. The van der Waals surface area contributed by atoms with E-state index in [4.69, 9.17) is 0 Å². The first kappa shape index (κ1) is 19.8. The van der Waals surface area contributed by atoms with Gasteiger partial charge < -0.3 is 10.2 Å². The number of hydrogen-bond acceptors (Lipinski definition) is 3. The van der Waals surface area contributed by atoms with E-state index in [1.54, 1.807) is 4.90 Å². The molecule has 0 saturated heterocycles. The highest BCUT2D eigenvalue weighted by molar-refractivity contribution is 8.01. The van der Waals surface area contributed by atoms with Crippen LogP contribution in [-0.2, 0) is 4.79 Å². The van der Waals surface area contributed by atoms with Gasteiger partial charge in [0.05, 0.1) is 5.75 Å². The molecule has 5 heteroatoms. The van der Waals surface area contributed by atoms with Crippen molar-refractivity contribution in [2.45, 2.75) is 57.1 Å². The van der Waals surface area contributed by atoms with Crippen LogP contribution in [0.2, 0.25) is 0 Å². The first-order valence-electron chi connectivity index (χ1n) is 10.8. The summed E-state index contributed by atoms with van der Waals surface area (Å²) in [6, 6.07) is 7.29. The van der Waals surface area contributed by atoms with Gasteiger partial charge in [0.25, 0.3) is 5.91 Å². The third kappa shape index (κ3) is 4.10. The number of nitrogens with zero attached hydrogens (tertiary/aromatic N) is 1. The molecule has 0 aromatic heterocycles. The molecule has 4 aliphatic carbocycles. The summed E-state index contributed by atoms with van der Waals surface area (Å²) in [4.78, 5) is 26.7. The van der Waals surface area contributed by atoms with Gasteiger partial charge in [-0.25, -0.2) is 0 Å². The van der Waals surface area contributed by atoms with E-state index >= 15 is 0 Å². The van der Waals surface area contributed by atoms with Crippen LogP contribution in [0.15, 0.2) is 24.3 Å². The van der Waals surface area contributed by atoms with Crippen LogP contribution in [0.4, 0.5) is 5.69 Å². The molecule has 4 aliphatic rings. The van der Waals surface area contributed by atoms with Crippen molar-refractivity contribution in [3.8, 4) is 0 Å². The van der Waals surface area contributed by atoms with E-state index in [9.17, 15) is 9.59 Å². The lowest BCUT2D eigenvalue weighted by Crippen LogP contribution is -2.49. The van der Waals surface area contributed by atoms with Crippen molar-refractivity contribution in [3.05, 3.63) is 29.8 Å². The molecule has 4 saturated carbocycles. The highest BCUT2D eigenvalue weighted by Gasteiger charge is 2.51. The number of rotatable bonds is 7. The Morgan fingerprint density at radius 2 is 1.54 bits per heavy atom. The van der Waals surface area contributed by atoms with Crippen LogP contribution in [0, 0.1) is 17.8 Å². The van der Waals surface area contributed by atoms with Gasteiger partial charge >= 0.3 is 0 Å². The maximum absolute atomic E-state index is 12.5. The first-order valence-corrected chi connectivity index (χ1v) is 11.8. The Balaban J connectivity index is 1.30. The zero-order valence-corrected chi connectivity index (χ0v) is 17.9. The fourth-order valence-corrected chi connectivity index (χ4v) is 7.58. The minimum Gasteiger partial charge on any atom is -0.339 e. The molecule has 2 amide bonds. The molecule has 0 spiro atoms. The fraction of sp³-hybridized carbons (Fsp3) is 0.652. The van der Waals surface area contributed by atoms with Gasteiger partial charge in [0, 0.05) is 29.1 Å². The minimum absolute atomic E-state index is 0.0419. The Morgan fingerprint density at radius 1 is 1.00 bits per heavy atom. The van der Waals surface area contributed by atoms with Crippen LogP contribution in [0.25, 0.3) is 0 Å². The molecule has 4 fully saturated rings. The van der Waals surface area contributed by atoms with Crippen molar-refractivity contribution in [1.29, 1.82) is 0 Å². The maximum atomic E-state index is 12.5. The third-order valence-corrected chi connectivity index (χ3v) is 8.48. The van der Waals surface area contributed by atoms with E-state index in [2.05, 4.69) is 5.32 Å². The Bertz CT molecular complexity index is 691. The molecular formula is C23H32N2O2S. The van der Waals surface area contributed by atoms with Crippen molar-refractivity contribution >= 4 is 29.3 Å². The topological polar surface area (TPSA) is 49.4 Å². The van der Waals surface area contributed by atoms with Gasteiger partial charge in [-0.3, -0.25) is 9.59 Å². The smallest absolute Gasteiger partial charge is 0.253 e. The first-order chi connectivity index (χ1) is 13.5. The molecule has 4 bridgehead atoms. The number of benzene rings is 1. The van der Waals surface area contributed by atoms with Gasteiger partial charge in [0.15, 0.2) is 0 Å². The largest absolute Gasteiger partial charge is 0.339 e. The zero-order valence-electron chi connectivity index (χ0n) is 17.1. The number of amides is 2. The Kier molecular flexibility index (Phi) is 5.73. The summed E-state index contributed by atoms with van der Waals surface area (Å²) in [6.07, 6.45) is 8.26. The standard InChI is InChI=1S/C23H32N2O2S/c1-3-25(4-2)22(27)19-5-7-20(8-6-19)24-21(26)15-28-23-12-16-9-17(13-23)11-18(10-16)14-23/h5-8,16-18H,3-4,9-15H2,1-2H3,(H,24,26). The molecule has 0 aliphatic heterocycles. The van der Waals surface area contributed by atoms with Gasteiger partial charge in [-0.2, -0.15) is 0 Å². The van der Waals surface area contributed by atoms with Crippen LogP contribution < -0.4 is 5.32 Å². The summed E-state index contributed by atoms with van der Waals surface area (Å²) < 4.78 is 0.367. The molecule has 1 aromatic carbocycles. The van der Waals surface area contributed by atoms with Crippen molar-refractivity contribution < 1.29 is 9.59 Å². The number of thioether (sulfide) groups is 1. The summed E-state index contributed by atoms with van der Waals surface area (Å²) in [5, 5.41) is 3.01. The number of anilines is 1. The second-order valence-electron chi connectivity index (χ2n) is 8.99. The van der Waals surface area contributed by atoms with Crippen LogP contribution in [0.5, 0.6) is 0 Å². The highest BCUT2D eigenvalue weighted by Crippen LogP contribution is 2.60. The lowest BCUT2D eigenvalue weighted by atomic mass is 9.56. The predicted octanol–water partition coefficient (Wildman–Crippen LogP) is 4.81. The summed E-state index contributed by atoms with van der Waals surface area (Å²) in [6.45, 7) is 5.37. The monoisotopic (exact) mass is 400 g/mol. The van der Waals surface area contributed by atoms with Crippen LogP contribution in [-0.4, -0.2) is 40.3 Å². The van der Waals surface area contributed by atoms with E-state index < -0.39 is 0 Å². The summed E-state index contributed by atoms with van der Waals surface area (Å²) in [5.41, 5.74) is 1.44. The number of nitrogens with one attached hydrogen (secondary N) is 1. The average Bonchev–Trinajstić information content (AvgIpc) is 2.67. The summed E-state index contributed by atoms with van der Waals surface area (Å²) in [5.74, 6) is 3.39. The van der Waals surface area contributed by atoms with E-state index in [0.717, 1.165) is 23.4 Å². The lowest BCUT2D eigenvalue weighted by molar-refractivity contribution is -0.113. The quantitative estimate of drug-likeness (QED) is 0.715. The van der Waals surface area contributed by atoms with Crippen molar-refractivity contribution in [1.82, 2.24) is 4.90 Å². The minimum atomic E-state index is 0.0419. The van der Waals surface area contributed by atoms with Crippen molar-refractivity contribution in [2.24, 2.45) is 17.8 Å². The molecule has 28 heavy (non-hydrogen) atoms. The van der Waals surface area contributed by atoms with Crippen LogP contribution in [0.1, 0.15) is 62.7 Å². The molecule has 152 valence electrons. The highest BCUT2D eigenvalue weighted by atomic mass is 32.2. The predicted molar refractivity (Wildman–Crippen MR) is 116 cm³/mol. The van der Waals surface area contributed by atoms with E-state index in [-0.39, 0.29) is 11.8 Å². The number of carbonyl (C=O) groups excluding carboxylic acids is 2. The van der Waals surface area contributed by atoms with Gasteiger partial charge in [0.2, 0.25) is 5.91 Å². The zero-order chi connectivity index (χ0) is 19.7. The Labute approximate surface area is 172 Å². The average molecular weight is 401 g/mol. The van der Waals surface area contributed by atoms with Crippen molar-refractivity contribution in [2.75, 3.05) is 24.2 Å². The lowest BCUT2D eigenvalue weighted by Gasteiger charge is -2.56. The molecule has 1 N–H and O–H groups in total. The second kappa shape index (κ2) is 8.10. The number of carbonyl (C=O) groups is 2. The normalized spacial score (nSPS) is 30.3. The molecule has 1 aromatic rings. The number of hydrogen-bond donors (Lipinski definition) is 1. The van der Waals surface area contributed by atoms with Gasteiger partial charge in [0.1, 0.15) is 0 Å². The third-order valence-electron chi connectivity index (χ3n) is 6.96. The molecule has 4 nitrogen and oxygen atoms in total. The summed E-state index contributed by atoms with van der Waals surface area (Å²) >= 11 is 1.91. The Morgan fingerprint density at radius 3 is 2.04 bits per heavy atom. The van der Waals surface area contributed by atoms with E-state index in [0.29, 0.717) is 29.2 Å². The molecule has 0 unspecified atom stereocenters. The second-order valence-corrected chi connectivity index (χ2v) is 10.4. The molecule has 0 atom stereocenters. The SMILES string of the molecule is CCN(CC)C(=O)c1ccc(NC(=O)CSC23CC4CC(CC(C4)C2)C3)cc1. The molecule has 5 rings (SSSR count). The molecular weight excluding hydrogens is 368 g/mol. The molecule has 0 heterocycles. The van der Waals surface area contributed by atoms with E-state index in [1.807, 2.05) is 49.9 Å². The van der Waals surface area contributed by atoms with Gasteiger partial charge in [-0.15, -0.1) is 11.8 Å². The molecule has 0 radical (unpaired) electrons.